The molecule has 0 aliphatic rings. The summed E-state index contributed by atoms with van der Waals surface area (Å²) in [5.41, 5.74) is 5.71. The van der Waals surface area contributed by atoms with E-state index in [1.54, 1.807) is 0 Å². The number of carboxylic acid groups (broad SMARTS) is 1. The molecule has 12 heavy (non-hydrogen) atoms. The van der Waals surface area contributed by atoms with Crippen LogP contribution in [0.1, 0.15) is 33.1 Å². The Labute approximate surface area is 73.3 Å². The third kappa shape index (κ3) is 3.05. The SMILES string of the molecule is C=C(CC(N)(CC)CC)C(=O)O. The summed E-state index contributed by atoms with van der Waals surface area (Å²) in [7, 11) is 0. The zero-order valence-electron chi connectivity index (χ0n) is 7.76. The van der Waals surface area contributed by atoms with E-state index >= 15 is 0 Å². The Morgan fingerprint density at radius 3 is 2.17 bits per heavy atom. The summed E-state index contributed by atoms with van der Waals surface area (Å²) in [4.78, 5) is 10.5. The van der Waals surface area contributed by atoms with Gasteiger partial charge in [-0.15, -0.1) is 0 Å². The highest BCUT2D eigenvalue weighted by molar-refractivity contribution is 5.85. The van der Waals surface area contributed by atoms with E-state index in [1.807, 2.05) is 13.8 Å². The van der Waals surface area contributed by atoms with E-state index in [0.717, 1.165) is 12.8 Å². The summed E-state index contributed by atoms with van der Waals surface area (Å²) in [6.45, 7) is 7.37. The molecule has 0 fully saturated rings. The van der Waals surface area contributed by atoms with E-state index in [0.29, 0.717) is 6.42 Å². The molecule has 0 bridgehead atoms. The van der Waals surface area contributed by atoms with Crippen LogP contribution in [0, 0.1) is 0 Å². The van der Waals surface area contributed by atoms with Crippen molar-refractivity contribution in [3.05, 3.63) is 12.2 Å². The first-order valence-corrected chi connectivity index (χ1v) is 4.15. The van der Waals surface area contributed by atoms with Crippen LogP contribution >= 0.6 is 0 Å². The van der Waals surface area contributed by atoms with Crippen LogP contribution in [0.15, 0.2) is 12.2 Å². The van der Waals surface area contributed by atoms with Gasteiger partial charge in [0.15, 0.2) is 0 Å². The van der Waals surface area contributed by atoms with Crippen LogP contribution in [0.2, 0.25) is 0 Å². The molecule has 0 aromatic carbocycles. The van der Waals surface area contributed by atoms with Crippen LogP contribution in [-0.4, -0.2) is 16.6 Å². The lowest BCUT2D eigenvalue weighted by molar-refractivity contribution is -0.132. The minimum absolute atomic E-state index is 0.196. The number of carbonyl (C=O) groups is 1. The highest BCUT2D eigenvalue weighted by Crippen LogP contribution is 2.20. The Balaban J connectivity index is 4.21. The molecule has 0 unspecified atom stereocenters. The summed E-state index contributed by atoms with van der Waals surface area (Å²) < 4.78 is 0. The van der Waals surface area contributed by atoms with Crippen molar-refractivity contribution >= 4 is 5.97 Å². The summed E-state index contributed by atoms with van der Waals surface area (Å²) in [6, 6.07) is 0. The first-order valence-electron chi connectivity index (χ1n) is 4.15. The lowest BCUT2D eigenvalue weighted by Gasteiger charge is -2.26. The normalized spacial score (nSPS) is 11.2. The van der Waals surface area contributed by atoms with E-state index in [1.165, 1.54) is 0 Å². The van der Waals surface area contributed by atoms with E-state index in [4.69, 9.17) is 10.8 Å². The predicted octanol–water partition coefficient (Wildman–Crippen LogP) is 1.53. The highest BCUT2D eigenvalue weighted by atomic mass is 16.4. The minimum Gasteiger partial charge on any atom is -0.478 e. The van der Waals surface area contributed by atoms with Gasteiger partial charge in [-0.2, -0.15) is 0 Å². The van der Waals surface area contributed by atoms with Gasteiger partial charge in [0.1, 0.15) is 0 Å². The van der Waals surface area contributed by atoms with Crippen molar-refractivity contribution < 1.29 is 9.90 Å². The van der Waals surface area contributed by atoms with Crippen molar-refractivity contribution in [2.75, 3.05) is 0 Å². The smallest absolute Gasteiger partial charge is 0.331 e. The summed E-state index contributed by atoms with van der Waals surface area (Å²) in [5.74, 6) is -0.952. The molecule has 0 atom stereocenters. The molecule has 3 heteroatoms. The Morgan fingerprint density at radius 1 is 1.50 bits per heavy atom. The molecule has 3 N–H and O–H groups in total. The lowest BCUT2D eigenvalue weighted by atomic mass is 9.87. The molecule has 0 aromatic rings. The van der Waals surface area contributed by atoms with Crippen LogP contribution < -0.4 is 5.73 Å². The van der Waals surface area contributed by atoms with E-state index in [2.05, 4.69) is 6.58 Å². The fourth-order valence-electron chi connectivity index (χ4n) is 1.00. The molecule has 0 aromatic heterocycles. The average molecular weight is 171 g/mol. The lowest BCUT2D eigenvalue weighted by Crippen LogP contribution is -2.39. The third-order valence-electron chi connectivity index (χ3n) is 2.28. The number of nitrogens with two attached hydrogens (primary N) is 1. The van der Waals surface area contributed by atoms with E-state index in [-0.39, 0.29) is 5.57 Å². The van der Waals surface area contributed by atoms with Crippen molar-refractivity contribution in [2.45, 2.75) is 38.6 Å². The van der Waals surface area contributed by atoms with Gasteiger partial charge in [0.25, 0.3) is 0 Å². The van der Waals surface area contributed by atoms with Crippen LogP contribution in [0.25, 0.3) is 0 Å². The second kappa shape index (κ2) is 4.26. The molecule has 0 heterocycles. The number of hydrogen-bond donors (Lipinski definition) is 2. The fraction of sp³-hybridized carbons (Fsp3) is 0.667. The van der Waals surface area contributed by atoms with Crippen molar-refractivity contribution in [1.82, 2.24) is 0 Å². The van der Waals surface area contributed by atoms with Crippen molar-refractivity contribution in [3.8, 4) is 0 Å². The van der Waals surface area contributed by atoms with Crippen molar-refractivity contribution in [3.63, 3.8) is 0 Å². The molecule has 0 amide bonds. The molecule has 3 nitrogen and oxygen atoms in total. The van der Waals surface area contributed by atoms with E-state index in [9.17, 15) is 4.79 Å². The Bertz CT molecular complexity index is 183. The van der Waals surface area contributed by atoms with Crippen LogP contribution in [0.4, 0.5) is 0 Å². The van der Waals surface area contributed by atoms with Gasteiger partial charge in [0, 0.05) is 11.1 Å². The first-order chi connectivity index (χ1) is 5.45. The largest absolute Gasteiger partial charge is 0.478 e. The van der Waals surface area contributed by atoms with Crippen LogP contribution in [0.5, 0.6) is 0 Å². The van der Waals surface area contributed by atoms with Gasteiger partial charge in [-0.3, -0.25) is 0 Å². The fourth-order valence-corrected chi connectivity index (χ4v) is 1.00. The molecule has 0 saturated carbocycles. The molecular formula is C9H17NO2. The third-order valence-corrected chi connectivity index (χ3v) is 2.28. The molecule has 0 aliphatic heterocycles. The van der Waals surface area contributed by atoms with Gasteiger partial charge in [0.05, 0.1) is 0 Å². The minimum atomic E-state index is -0.952. The van der Waals surface area contributed by atoms with Crippen molar-refractivity contribution in [2.24, 2.45) is 5.73 Å². The Hall–Kier alpha value is -0.830. The van der Waals surface area contributed by atoms with Gasteiger partial charge in [0.2, 0.25) is 0 Å². The van der Waals surface area contributed by atoms with Gasteiger partial charge >= 0.3 is 5.97 Å². The van der Waals surface area contributed by atoms with Crippen molar-refractivity contribution in [1.29, 1.82) is 0 Å². The summed E-state index contributed by atoms with van der Waals surface area (Å²) in [6.07, 6.45) is 1.92. The monoisotopic (exact) mass is 171 g/mol. The van der Waals surface area contributed by atoms with Crippen LogP contribution in [-0.2, 0) is 4.79 Å². The summed E-state index contributed by atoms with van der Waals surface area (Å²) in [5, 5.41) is 8.58. The maximum Gasteiger partial charge on any atom is 0.331 e. The Morgan fingerprint density at radius 2 is 1.92 bits per heavy atom. The molecule has 0 rings (SSSR count). The quantitative estimate of drug-likeness (QED) is 0.617. The maximum absolute atomic E-state index is 10.5. The standard InChI is InChI=1S/C9H17NO2/c1-4-9(10,5-2)6-7(3)8(11)12/h3-6,10H2,1-2H3,(H,11,12). The zero-order chi connectivity index (χ0) is 9.78. The molecule has 0 saturated heterocycles. The zero-order valence-corrected chi connectivity index (χ0v) is 7.76. The number of hydrogen-bond acceptors (Lipinski definition) is 2. The van der Waals surface area contributed by atoms with Gasteiger partial charge in [-0.1, -0.05) is 20.4 Å². The van der Waals surface area contributed by atoms with Gasteiger partial charge in [-0.25, -0.2) is 4.79 Å². The van der Waals surface area contributed by atoms with Crippen LogP contribution in [0.3, 0.4) is 0 Å². The number of aliphatic carboxylic acids is 1. The maximum atomic E-state index is 10.5. The number of carboxylic acids is 1. The molecule has 0 aliphatic carbocycles. The molecule has 0 spiro atoms. The second-order valence-electron chi connectivity index (χ2n) is 3.15. The Kier molecular flexibility index (Phi) is 3.96. The predicted molar refractivity (Wildman–Crippen MR) is 48.9 cm³/mol. The molecule has 0 radical (unpaired) electrons. The molecule has 70 valence electrons. The summed E-state index contributed by atoms with van der Waals surface area (Å²) >= 11 is 0. The topological polar surface area (TPSA) is 63.3 Å². The second-order valence-corrected chi connectivity index (χ2v) is 3.15. The van der Waals surface area contributed by atoms with E-state index < -0.39 is 11.5 Å². The molecular weight excluding hydrogens is 154 g/mol. The average Bonchev–Trinajstić information content (AvgIpc) is 2.04. The van der Waals surface area contributed by atoms with Gasteiger partial charge in [-0.05, 0) is 19.3 Å². The highest BCUT2D eigenvalue weighted by Gasteiger charge is 2.23. The first kappa shape index (κ1) is 11.2. The number of rotatable bonds is 5. The van der Waals surface area contributed by atoms with Gasteiger partial charge < -0.3 is 10.8 Å².